The van der Waals surface area contributed by atoms with E-state index in [2.05, 4.69) is 21.2 Å². The average Bonchev–Trinajstić information content (AvgIpc) is 2.28. The molecule has 4 nitrogen and oxygen atoms in total. The molecule has 1 atom stereocenters. The Bertz CT molecular complexity index is 396. The minimum absolute atomic E-state index is 0.481. The fraction of sp³-hybridized carbons (Fsp3) is 0.500. The molecule has 0 aliphatic carbocycles. The smallest absolute Gasteiger partial charge is 0.164 e. The standard InChI is InChI=1S/C12H18BrNO3/c1-7-11(9(15)6-14-2)8(13)5-10(16-3)12(7)17-4/h5,9,14-15H,6H2,1-4H3. The maximum Gasteiger partial charge on any atom is 0.164 e. The molecule has 1 aromatic carbocycles. The Kier molecular flexibility index (Phi) is 5.24. The fourth-order valence-electron chi connectivity index (χ4n) is 1.85. The fourth-order valence-corrected chi connectivity index (χ4v) is 2.62. The van der Waals surface area contributed by atoms with Crippen molar-refractivity contribution in [2.24, 2.45) is 0 Å². The number of likely N-dealkylation sites (N-methyl/N-ethyl adjacent to an activating group) is 1. The van der Waals surface area contributed by atoms with Gasteiger partial charge in [-0.1, -0.05) is 15.9 Å². The van der Waals surface area contributed by atoms with E-state index in [9.17, 15) is 5.11 Å². The van der Waals surface area contributed by atoms with E-state index in [0.29, 0.717) is 18.0 Å². The van der Waals surface area contributed by atoms with E-state index in [1.54, 1.807) is 27.3 Å². The molecule has 0 fully saturated rings. The van der Waals surface area contributed by atoms with Crippen molar-refractivity contribution in [2.45, 2.75) is 13.0 Å². The summed E-state index contributed by atoms with van der Waals surface area (Å²) in [6.07, 6.45) is -0.589. The van der Waals surface area contributed by atoms with E-state index in [0.717, 1.165) is 15.6 Å². The summed E-state index contributed by atoms with van der Waals surface area (Å²) in [6, 6.07) is 1.81. The summed E-state index contributed by atoms with van der Waals surface area (Å²) in [5.74, 6) is 1.30. The van der Waals surface area contributed by atoms with Crippen LogP contribution in [0.3, 0.4) is 0 Å². The maximum absolute atomic E-state index is 10.1. The quantitative estimate of drug-likeness (QED) is 0.874. The van der Waals surface area contributed by atoms with Crippen molar-refractivity contribution in [1.29, 1.82) is 0 Å². The summed E-state index contributed by atoms with van der Waals surface area (Å²) in [6.45, 7) is 2.38. The Morgan fingerprint density at radius 3 is 2.53 bits per heavy atom. The van der Waals surface area contributed by atoms with Crippen LogP contribution in [0.1, 0.15) is 17.2 Å². The first-order chi connectivity index (χ1) is 8.06. The number of rotatable bonds is 5. The van der Waals surface area contributed by atoms with Crippen molar-refractivity contribution in [3.63, 3.8) is 0 Å². The van der Waals surface area contributed by atoms with Gasteiger partial charge in [0.1, 0.15) is 0 Å². The molecule has 0 saturated carbocycles. The van der Waals surface area contributed by atoms with Crippen molar-refractivity contribution >= 4 is 15.9 Å². The normalized spacial score (nSPS) is 12.4. The molecule has 96 valence electrons. The topological polar surface area (TPSA) is 50.7 Å². The first kappa shape index (κ1) is 14.3. The lowest BCUT2D eigenvalue weighted by atomic mass is 10.0. The van der Waals surface area contributed by atoms with Crippen molar-refractivity contribution in [3.05, 3.63) is 21.7 Å². The van der Waals surface area contributed by atoms with E-state index < -0.39 is 6.10 Å². The molecule has 0 heterocycles. The number of aliphatic hydroxyl groups excluding tert-OH is 1. The molecule has 0 aliphatic rings. The lowest BCUT2D eigenvalue weighted by Gasteiger charge is -2.19. The number of methoxy groups -OCH3 is 2. The van der Waals surface area contributed by atoms with Crippen LogP contribution in [0.5, 0.6) is 11.5 Å². The number of benzene rings is 1. The highest BCUT2D eigenvalue weighted by Crippen LogP contribution is 2.40. The molecule has 1 aromatic rings. The van der Waals surface area contributed by atoms with Gasteiger partial charge in [-0.2, -0.15) is 0 Å². The highest BCUT2D eigenvalue weighted by Gasteiger charge is 2.20. The van der Waals surface area contributed by atoms with Crippen LogP contribution in [0.2, 0.25) is 0 Å². The third-order valence-electron chi connectivity index (χ3n) is 2.64. The molecular weight excluding hydrogens is 286 g/mol. The molecule has 2 N–H and O–H groups in total. The maximum atomic E-state index is 10.1. The van der Waals surface area contributed by atoms with Crippen molar-refractivity contribution in [2.75, 3.05) is 27.8 Å². The van der Waals surface area contributed by atoms with E-state index in [4.69, 9.17) is 9.47 Å². The molecule has 0 bridgehead atoms. The molecule has 1 rings (SSSR count). The van der Waals surface area contributed by atoms with E-state index in [-0.39, 0.29) is 0 Å². The Morgan fingerprint density at radius 1 is 1.41 bits per heavy atom. The van der Waals surface area contributed by atoms with E-state index in [1.807, 2.05) is 6.92 Å². The molecule has 0 aromatic heterocycles. The number of halogens is 1. The van der Waals surface area contributed by atoms with Crippen LogP contribution in [-0.2, 0) is 0 Å². The molecule has 17 heavy (non-hydrogen) atoms. The monoisotopic (exact) mass is 303 g/mol. The van der Waals surface area contributed by atoms with Gasteiger partial charge < -0.3 is 19.9 Å². The number of hydrogen-bond acceptors (Lipinski definition) is 4. The highest BCUT2D eigenvalue weighted by molar-refractivity contribution is 9.10. The van der Waals surface area contributed by atoms with Gasteiger partial charge in [-0.25, -0.2) is 0 Å². The predicted molar refractivity (Wildman–Crippen MR) is 70.9 cm³/mol. The molecule has 5 heteroatoms. The lowest BCUT2D eigenvalue weighted by molar-refractivity contribution is 0.175. The second-order valence-corrected chi connectivity index (χ2v) is 4.56. The van der Waals surface area contributed by atoms with Crippen LogP contribution < -0.4 is 14.8 Å². The zero-order valence-corrected chi connectivity index (χ0v) is 12.1. The SMILES string of the molecule is CNCC(O)c1c(Br)cc(OC)c(OC)c1C. The zero-order chi connectivity index (χ0) is 13.0. The van der Waals surface area contributed by atoms with Crippen LogP contribution in [0.4, 0.5) is 0 Å². The summed E-state index contributed by atoms with van der Waals surface area (Å²) >= 11 is 3.45. The van der Waals surface area contributed by atoms with Gasteiger partial charge in [-0.3, -0.25) is 0 Å². The van der Waals surface area contributed by atoms with Gasteiger partial charge in [0, 0.05) is 22.1 Å². The van der Waals surface area contributed by atoms with E-state index in [1.165, 1.54) is 0 Å². The van der Waals surface area contributed by atoms with Crippen LogP contribution in [0.15, 0.2) is 10.5 Å². The molecular formula is C12H18BrNO3. The van der Waals surface area contributed by atoms with Crippen molar-refractivity contribution < 1.29 is 14.6 Å². The van der Waals surface area contributed by atoms with Crippen molar-refractivity contribution in [3.8, 4) is 11.5 Å². The molecule has 1 unspecified atom stereocenters. The molecule has 0 saturated heterocycles. The number of aliphatic hydroxyl groups is 1. The predicted octanol–water partition coefficient (Wildman–Crippen LogP) is 2.03. The molecule has 0 amide bonds. The molecule has 0 aliphatic heterocycles. The summed E-state index contributed by atoms with van der Waals surface area (Å²) in [7, 11) is 4.98. The Morgan fingerprint density at radius 2 is 2.06 bits per heavy atom. The Balaban J connectivity index is 3.31. The average molecular weight is 304 g/mol. The lowest BCUT2D eigenvalue weighted by Crippen LogP contribution is -2.18. The van der Waals surface area contributed by atoms with E-state index >= 15 is 0 Å². The van der Waals surface area contributed by atoms with Crippen LogP contribution in [0.25, 0.3) is 0 Å². The van der Waals surface area contributed by atoms with Gasteiger partial charge in [-0.15, -0.1) is 0 Å². The summed E-state index contributed by atoms with van der Waals surface area (Å²) in [5.41, 5.74) is 1.69. The van der Waals surface area contributed by atoms with Gasteiger partial charge >= 0.3 is 0 Å². The van der Waals surface area contributed by atoms with Crippen molar-refractivity contribution in [1.82, 2.24) is 5.32 Å². The van der Waals surface area contributed by atoms with Gasteiger partial charge in [-0.05, 0) is 20.0 Å². The number of nitrogens with one attached hydrogen (secondary N) is 1. The van der Waals surface area contributed by atoms with Gasteiger partial charge in [0.15, 0.2) is 11.5 Å². The largest absolute Gasteiger partial charge is 0.493 e. The third kappa shape index (κ3) is 2.91. The Labute approximate surface area is 110 Å². The van der Waals surface area contributed by atoms with Gasteiger partial charge in [0.25, 0.3) is 0 Å². The third-order valence-corrected chi connectivity index (χ3v) is 3.29. The molecule has 0 spiro atoms. The first-order valence-electron chi connectivity index (χ1n) is 5.30. The minimum Gasteiger partial charge on any atom is -0.493 e. The number of hydrogen-bond donors (Lipinski definition) is 2. The van der Waals surface area contributed by atoms with Crippen LogP contribution >= 0.6 is 15.9 Å². The first-order valence-corrected chi connectivity index (χ1v) is 6.09. The van der Waals surface area contributed by atoms with Crippen LogP contribution in [-0.4, -0.2) is 32.9 Å². The second-order valence-electron chi connectivity index (χ2n) is 3.71. The summed E-state index contributed by atoms with van der Waals surface area (Å²) in [5, 5.41) is 13.0. The van der Waals surface area contributed by atoms with Crippen LogP contribution in [0, 0.1) is 6.92 Å². The highest BCUT2D eigenvalue weighted by atomic mass is 79.9. The second kappa shape index (κ2) is 6.23. The molecule has 0 radical (unpaired) electrons. The van der Waals surface area contributed by atoms with Gasteiger partial charge in [0.2, 0.25) is 0 Å². The van der Waals surface area contributed by atoms with Gasteiger partial charge in [0.05, 0.1) is 20.3 Å². The summed E-state index contributed by atoms with van der Waals surface area (Å²) < 4.78 is 11.4. The summed E-state index contributed by atoms with van der Waals surface area (Å²) in [4.78, 5) is 0. The zero-order valence-electron chi connectivity index (χ0n) is 10.5. The number of ether oxygens (including phenoxy) is 2. The Hall–Kier alpha value is -0.780. The minimum atomic E-state index is -0.589.